The highest BCUT2D eigenvalue weighted by molar-refractivity contribution is 7.18. The normalized spacial score (nSPS) is 11.0. The smallest absolute Gasteiger partial charge is 0.348 e. The molecule has 4 aromatic rings. The molecule has 0 atom stereocenters. The van der Waals surface area contributed by atoms with Crippen molar-refractivity contribution in [3.63, 3.8) is 0 Å². The van der Waals surface area contributed by atoms with E-state index in [-0.39, 0.29) is 34.6 Å². The predicted octanol–water partition coefficient (Wildman–Crippen LogP) is 6.73. The number of anilines is 1. The lowest BCUT2D eigenvalue weighted by Crippen LogP contribution is -2.19. The molecule has 0 aliphatic rings. The second kappa shape index (κ2) is 12.3. The molecule has 2 aromatic carbocycles. The Labute approximate surface area is 232 Å². The van der Waals surface area contributed by atoms with E-state index in [0.717, 1.165) is 39.8 Å². The van der Waals surface area contributed by atoms with Gasteiger partial charge in [-0.15, -0.1) is 11.3 Å². The second-order valence-electron chi connectivity index (χ2n) is 9.23. The molecule has 39 heavy (non-hydrogen) atoms. The Hall–Kier alpha value is -3.91. The zero-order chi connectivity index (χ0) is 28.1. The molecule has 8 heteroatoms. The molecule has 0 radical (unpaired) electrons. The molecular formula is C31H34N2O5S. The SMILES string of the molecule is CCOC(=O)c1c(NC(=O)c2c(C)c3cc(CC)ccc3n2CC)sc(C(=O)OCCc2ccccc2)c1C. The van der Waals surface area contributed by atoms with Crippen LogP contribution in [0.25, 0.3) is 10.9 Å². The van der Waals surface area contributed by atoms with Crippen molar-refractivity contribution in [3.8, 4) is 0 Å². The maximum atomic E-state index is 13.7. The van der Waals surface area contributed by atoms with E-state index >= 15 is 0 Å². The van der Waals surface area contributed by atoms with Gasteiger partial charge in [0.05, 0.1) is 18.8 Å². The minimum absolute atomic E-state index is 0.168. The summed E-state index contributed by atoms with van der Waals surface area (Å²) >= 11 is 1.03. The molecule has 0 aliphatic heterocycles. The summed E-state index contributed by atoms with van der Waals surface area (Å²) < 4.78 is 12.8. The van der Waals surface area contributed by atoms with Crippen LogP contribution in [-0.2, 0) is 28.9 Å². The summed E-state index contributed by atoms with van der Waals surface area (Å²) in [6.07, 6.45) is 1.47. The highest BCUT2D eigenvalue weighted by Crippen LogP contribution is 2.36. The molecule has 1 N–H and O–H groups in total. The van der Waals surface area contributed by atoms with Gasteiger partial charge in [0, 0.05) is 23.9 Å². The Kier molecular flexibility index (Phi) is 8.86. The molecule has 1 amide bonds. The highest BCUT2D eigenvalue weighted by Gasteiger charge is 2.29. The van der Waals surface area contributed by atoms with Crippen molar-refractivity contribution in [2.75, 3.05) is 18.5 Å². The molecule has 0 saturated heterocycles. The monoisotopic (exact) mass is 546 g/mol. The first-order chi connectivity index (χ1) is 18.8. The fourth-order valence-corrected chi connectivity index (χ4v) is 5.87. The fraction of sp³-hybridized carbons (Fsp3) is 0.323. The van der Waals surface area contributed by atoms with Crippen molar-refractivity contribution < 1.29 is 23.9 Å². The number of thiophene rings is 1. The Bertz CT molecular complexity index is 1520. The maximum absolute atomic E-state index is 13.7. The molecule has 204 valence electrons. The number of esters is 2. The first-order valence-electron chi connectivity index (χ1n) is 13.2. The quantitative estimate of drug-likeness (QED) is 0.223. The van der Waals surface area contributed by atoms with Gasteiger partial charge in [0.2, 0.25) is 0 Å². The number of aromatic nitrogens is 1. The number of hydrogen-bond acceptors (Lipinski definition) is 6. The number of fused-ring (bicyclic) bond motifs is 1. The Morgan fingerprint density at radius 2 is 1.64 bits per heavy atom. The van der Waals surface area contributed by atoms with E-state index in [1.54, 1.807) is 13.8 Å². The lowest BCUT2D eigenvalue weighted by molar-refractivity contribution is 0.0514. The van der Waals surface area contributed by atoms with E-state index in [0.29, 0.717) is 24.2 Å². The van der Waals surface area contributed by atoms with E-state index in [4.69, 9.17) is 9.47 Å². The molecule has 0 unspecified atom stereocenters. The zero-order valence-electron chi connectivity index (χ0n) is 23.1. The van der Waals surface area contributed by atoms with Gasteiger partial charge < -0.3 is 19.4 Å². The van der Waals surface area contributed by atoms with Crippen molar-refractivity contribution in [2.24, 2.45) is 0 Å². The largest absolute Gasteiger partial charge is 0.462 e. The van der Waals surface area contributed by atoms with Gasteiger partial charge in [-0.1, -0.05) is 43.3 Å². The zero-order valence-corrected chi connectivity index (χ0v) is 23.9. The minimum Gasteiger partial charge on any atom is -0.462 e. The summed E-state index contributed by atoms with van der Waals surface area (Å²) in [6, 6.07) is 16.0. The average Bonchev–Trinajstić information content (AvgIpc) is 3.41. The summed E-state index contributed by atoms with van der Waals surface area (Å²) in [5.74, 6) is -1.48. The number of nitrogens with zero attached hydrogens (tertiary/aromatic N) is 1. The van der Waals surface area contributed by atoms with E-state index in [1.807, 2.05) is 54.8 Å². The van der Waals surface area contributed by atoms with Crippen LogP contribution < -0.4 is 5.32 Å². The first kappa shape index (κ1) is 28.1. The van der Waals surface area contributed by atoms with Gasteiger partial charge >= 0.3 is 11.9 Å². The number of nitrogens with one attached hydrogen (secondary N) is 1. The van der Waals surface area contributed by atoms with Crippen LogP contribution in [0.5, 0.6) is 0 Å². The molecule has 0 bridgehead atoms. The average molecular weight is 547 g/mol. The third kappa shape index (κ3) is 5.76. The van der Waals surface area contributed by atoms with Gasteiger partial charge in [0.15, 0.2) is 0 Å². The number of hydrogen-bond donors (Lipinski definition) is 1. The number of rotatable bonds is 10. The molecule has 2 heterocycles. The van der Waals surface area contributed by atoms with Crippen LogP contribution in [0.4, 0.5) is 5.00 Å². The van der Waals surface area contributed by atoms with Crippen LogP contribution >= 0.6 is 11.3 Å². The predicted molar refractivity (Wildman–Crippen MR) is 155 cm³/mol. The molecule has 0 spiro atoms. The number of carbonyl (C=O) groups is 3. The molecule has 0 aliphatic carbocycles. The van der Waals surface area contributed by atoms with E-state index in [2.05, 4.69) is 24.4 Å². The van der Waals surface area contributed by atoms with E-state index in [1.165, 1.54) is 5.56 Å². The summed E-state index contributed by atoms with van der Waals surface area (Å²) in [5.41, 5.74) is 5.22. The van der Waals surface area contributed by atoms with Crippen molar-refractivity contribution in [1.82, 2.24) is 4.57 Å². The first-order valence-corrected chi connectivity index (χ1v) is 14.1. The summed E-state index contributed by atoms with van der Waals surface area (Å²) in [7, 11) is 0. The van der Waals surface area contributed by atoms with Crippen molar-refractivity contribution in [2.45, 2.75) is 54.0 Å². The second-order valence-corrected chi connectivity index (χ2v) is 10.2. The van der Waals surface area contributed by atoms with Gasteiger partial charge in [-0.2, -0.15) is 0 Å². The summed E-state index contributed by atoms with van der Waals surface area (Å²) in [5, 5.41) is 4.22. The van der Waals surface area contributed by atoms with Gasteiger partial charge in [0.25, 0.3) is 5.91 Å². The lowest BCUT2D eigenvalue weighted by atomic mass is 10.1. The van der Waals surface area contributed by atoms with Crippen molar-refractivity contribution in [1.29, 1.82) is 0 Å². The van der Waals surface area contributed by atoms with Gasteiger partial charge in [-0.3, -0.25) is 4.79 Å². The molecule has 4 rings (SSSR count). The van der Waals surface area contributed by atoms with Gasteiger partial charge in [0.1, 0.15) is 15.6 Å². The van der Waals surface area contributed by atoms with Crippen LogP contribution in [-0.4, -0.2) is 35.6 Å². The van der Waals surface area contributed by atoms with Gasteiger partial charge in [-0.05, 0) is 68.5 Å². The van der Waals surface area contributed by atoms with Crippen LogP contribution in [0, 0.1) is 13.8 Å². The Balaban J connectivity index is 1.65. The van der Waals surface area contributed by atoms with Crippen molar-refractivity contribution in [3.05, 3.63) is 86.9 Å². The third-order valence-corrected chi connectivity index (χ3v) is 8.01. The number of benzene rings is 2. The van der Waals surface area contributed by atoms with Crippen LogP contribution in [0.15, 0.2) is 48.5 Å². The van der Waals surface area contributed by atoms with E-state index < -0.39 is 11.9 Å². The number of carbonyl (C=O) groups excluding carboxylic acids is 3. The van der Waals surface area contributed by atoms with Gasteiger partial charge in [-0.25, -0.2) is 9.59 Å². The molecule has 0 fully saturated rings. The molecule has 0 saturated carbocycles. The maximum Gasteiger partial charge on any atom is 0.348 e. The molecule has 2 aromatic heterocycles. The summed E-state index contributed by atoms with van der Waals surface area (Å²) in [4.78, 5) is 39.9. The van der Waals surface area contributed by atoms with Crippen LogP contribution in [0.3, 0.4) is 0 Å². The van der Waals surface area contributed by atoms with E-state index in [9.17, 15) is 14.4 Å². The fourth-order valence-electron chi connectivity index (χ4n) is 4.79. The Morgan fingerprint density at radius 3 is 2.31 bits per heavy atom. The summed E-state index contributed by atoms with van der Waals surface area (Å²) in [6.45, 7) is 10.4. The van der Waals surface area contributed by atoms with Crippen LogP contribution in [0.1, 0.15) is 73.5 Å². The number of ether oxygens (including phenoxy) is 2. The van der Waals surface area contributed by atoms with Crippen molar-refractivity contribution >= 4 is 45.1 Å². The topological polar surface area (TPSA) is 86.6 Å². The highest BCUT2D eigenvalue weighted by atomic mass is 32.1. The third-order valence-electron chi connectivity index (χ3n) is 6.83. The Morgan fingerprint density at radius 1 is 0.897 bits per heavy atom. The molecular weight excluding hydrogens is 512 g/mol. The lowest BCUT2D eigenvalue weighted by Gasteiger charge is -2.10. The minimum atomic E-state index is -0.592. The molecule has 7 nitrogen and oxygen atoms in total. The standard InChI is InChI=1S/C31H34N2O5S/c1-6-21-14-15-24-23(18-21)19(4)26(33(24)7-2)28(34)32-29-25(30(35)37-8-3)20(5)27(39-29)31(36)38-17-16-22-12-10-9-11-13-22/h9-15,18H,6-8,16-17H2,1-5H3,(H,32,34). The number of amides is 1. The van der Waals surface area contributed by atoms with Crippen LogP contribution in [0.2, 0.25) is 0 Å². The number of aryl methyl sites for hydroxylation is 3.